The molecule has 0 radical (unpaired) electrons. The van der Waals surface area contributed by atoms with Gasteiger partial charge in [0.1, 0.15) is 26.9 Å². The van der Waals surface area contributed by atoms with E-state index in [2.05, 4.69) is 15.4 Å². The van der Waals surface area contributed by atoms with Gasteiger partial charge in [-0.1, -0.05) is 6.07 Å². The molecule has 5 rings (SSSR count). The summed E-state index contributed by atoms with van der Waals surface area (Å²) in [5.41, 5.74) is 2.83. The van der Waals surface area contributed by atoms with Gasteiger partial charge < -0.3 is 20.2 Å². The van der Waals surface area contributed by atoms with E-state index >= 15 is 0 Å². The van der Waals surface area contributed by atoms with Gasteiger partial charge in [0.05, 0.1) is 17.5 Å². The Bertz CT molecular complexity index is 1760. The number of nitrogens with two attached hydrogens (primary N) is 1. The molecule has 0 fully saturated rings. The van der Waals surface area contributed by atoms with Crippen LogP contribution in [0.2, 0.25) is 0 Å². The van der Waals surface area contributed by atoms with Crippen molar-refractivity contribution < 1.29 is 45.1 Å². The standard InChI is InChI=1S/C25H15F6N5O4S/c26-24(27,28)12-3-1-4-13(9-12)40-11-36-7-6-15(35-36)22(38)34-19-18-14(16-5-2-8-39-16)10-17(25(29,30)31)33-23(18)41-20(19)21(32)37/h1-10H,11H2,(H2,32,37)(H,34,38). The number of nitrogens with zero attached hydrogens (tertiary/aromatic N) is 3. The number of anilines is 1. The topological polar surface area (TPSA) is 125 Å². The Balaban J connectivity index is 1.45. The number of furan rings is 1. The number of rotatable bonds is 7. The summed E-state index contributed by atoms with van der Waals surface area (Å²) in [6.07, 6.45) is -6.83. The maximum Gasteiger partial charge on any atom is 0.433 e. The van der Waals surface area contributed by atoms with Crippen LogP contribution in [0.5, 0.6) is 5.75 Å². The first-order valence-corrected chi connectivity index (χ1v) is 12.2. The molecule has 0 aliphatic rings. The molecule has 0 saturated heterocycles. The summed E-state index contributed by atoms with van der Waals surface area (Å²) in [4.78, 5) is 28.4. The Morgan fingerprint density at radius 1 is 1.05 bits per heavy atom. The summed E-state index contributed by atoms with van der Waals surface area (Å²) < 4.78 is 91.2. The van der Waals surface area contributed by atoms with Gasteiger partial charge in [-0.25, -0.2) is 9.67 Å². The van der Waals surface area contributed by atoms with Crippen LogP contribution in [-0.4, -0.2) is 26.6 Å². The van der Waals surface area contributed by atoms with Gasteiger partial charge in [0.25, 0.3) is 11.8 Å². The Hall–Kier alpha value is -4.86. The molecule has 212 valence electrons. The number of carbonyl (C=O) groups is 2. The maximum atomic E-state index is 13.6. The second-order valence-electron chi connectivity index (χ2n) is 8.37. The molecule has 0 bridgehead atoms. The van der Waals surface area contributed by atoms with Crippen LogP contribution in [0.4, 0.5) is 32.0 Å². The van der Waals surface area contributed by atoms with E-state index in [-0.39, 0.29) is 50.3 Å². The second kappa shape index (κ2) is 10.3. The van der Waals surface area contributed by atoms with Crippen molar-refractivity contribution in [2.24, 2.45) is 5.73 Å². The predicted molar refractivity (Wildman–Crippen MR) is 133 cm³/mol. The number of hydrogen-bond donors (Lipinski definition) is 2. The van der Waals surface area contributed by atoms with Gasteiger partial charge in [0, 0.05) is 17.1 Å². The minimum atomic E-state index is -4.82. The van der Waals surface area contributed by atoms with Crippen molar-refractivity contribution in [3.63, 3.8) is 0 Å². The number of alkyl halides is 6. The Labute approximate surface area is 229 Å². The van der Waals surface area contributed by atoms with Crippen LogP contribution in [0.1, 0.15) is 31.4 Å². The van der Waals surface area contributed by atoms with Crippen molar-refractivity contribution in [2.75, 3.05) is 5.32 Å². The Morgan fingerprint density at radius 3 is 2.49 bits per heavy atom. The molecule has 0 aliphatic carbocycles. The molecule has 0 spiro atoms. The van der Waals surface area contributed by atoms with Crippen molar-refractivity contribution in [3.05, 3.63) is 82.8 Å². The zero-order chi connectivity index (χ0) is 29.5. The predicted octanol–water partition coefficient (Wildman–Crippen LogP) is 6.18. The third-order valence-electron chi connectivity index (χ3n) is 5.60. The highest BCUT2D eigenvalue weighted by Gasteiger charge is 2.35. The van der Waals surface area contributed by atoms with Crippen LogP contribution in [0.25, 0.3) is 21.5 Å². The highest BCUT2D eigenvalue weighted by atomic mass is 32.1. The number of benzene rings is 1. The fraction of sp³-hybridized carbons (Fsp3) is 0.120. The summed E-state index contributed by atoms with van der Waals surface area (Å²) in [7, 11) is 0. The first-order valence-electron chi connectivity index (χ1n) is 11.3. The molecule has 0 aliphatic heterocycles. The van der Waals surface area contributed by atoms with E-state index in [0.29, 0.717) is 11.3 Å². The summed E-state index contributed by atoms with van der Waals surface area (Å²) in [5.74, 6) is -1.96. The van der Waals surface area contributed by atoms with Gasteiger partial charge in [-0.05, 0) is 42.5 Å². The second-order valence-corrected chi connectivity index (χ2v) is 9.37. The molecule has 0 saturated carbocycles. The zero-order valence-electron chi connectivity index (χ0n) is 20.2. The molecule has 9 nitrogen and oxygen atoms in total. The molecule has 4 aromatic heterocycles. The van der Waals surface area contributed by atoms with Gasteiger partial charge in [0.15, 0.2) is 12.4 Å². The van der Waals surface area contributed by atoms with E-state index in [1.54, 1.807) is 0 Å². The van der Waals surface area contributed by atoms with Crippen molar-refractivity contribution in [1.82, 2.24) is 14.8 Å². The van der Waals surface area contributed by atoms with E-state index in [4.69, 9.17) is 14.9 Å². The molecule has 4 heterocycles. The van der Waals surface area contributed by atoms with Crippen LogP contribution in [0.15, 0.2) is 65.4 Å². The summed E-state index contributed by atoms with van der Waals surface area (Å²) in [5, 5.41) is 6.47. The van der Waals surface area contributed by atoms with Crippen molar-refractivity contribution >= 4 is 39.1 Å². The Kier molecular flexibility index (Phi) is 6.94. The molecule has 0 unspecified atom stereocenters. The molecular weight excluding hydrogens is 580 g/mol. The highest BCUT2D eigenvalue weighted by molar-refractivity contribution is 7.21. The van der Waals surface area contributed by atoms with Gasteiger partial charge in [-0.3, -0.25) is 9.59 Å². The van der Waals surface area contributed by atoms with Gasteiger partial charge in [-0.2, -0.15) is 31.4 Å². The van der Waals surface area contributed by atoms with E-state index in [0.717, 1.165) is 22.9 Å². The molecule has 16 heteroatoms. The molecule has 5 aromatic rings. The van der Waals surface area contributed by atoms with E-state index in [9.17, 15) is 35.9 Å². The van der Waals surface area contributed by atoms with Gasteiger partial charge in [0.2, 0.25) is 0 Å². The van der Waals surface area contributed by atoms with Crippen molar-refractivity contribution in [1.29, 1.82) is 0 Å². The number of thiophene rings is 1. The van der Waals surface area contributed by atoms with Gasteiger partial charge in [-0.15, -0.1) is 11.3 Å². The van der Waals surface area contributed by atoms with Crippen molar-refractivity contribution in [2.45, 2.75) is 19.1 Å². The van der Waals surface area contributed by atoms with Crippen LogP contribution < -0.4 is 15.8 Å². The minimum absolute atomic E-state index is 0.00703. The molecule has 2 amide bonds. The first-order chi connectivity index (χ1) is 19.3. The average Bonchev–Trinajstić information content (AvgIpc) is 3.66. The van der Waals surface area contributed by atoms with Crippen LogP contribution >= 0.6 is 11.3 Å². The monoisotopic (exact) mass is 595 g/mol. The number of halogens is 6. The number of nitrogens with one attached hydrogen (secondary N) is 1. The summed E-state index contributed by atoms with van der Waals surface area (Å²) in [6, 6.07) is 9.01. The number of aromatic nitrogens is 3. The molecule has 41 heavy (non-hydrogen) atoms. The van der Waals surface area contributed by atoms with Crippen molar-refractivity contribution in [3.8, 4) is 17.1 Å². The molecule has 3 N–H and O–H groups in total. The van der Waals surface area contributed by atoms with E-state index in [1.807, 2.05) is 0 Å². The summed E-state index contributed by atoms with van der Waals surface area (Å²) in [6.45, 7) is -0.352. The van der Waals surface area contributed by atoms with E-state index in [1.165, 1.54) is 42.8 Å². The number of ether oxygens (including phenoxy) is 1. The quantitative estimate of drug-likeness (QED) is 0.217. The third kappa shape index (κ3) is 5.72. The fourth-order valence-corrected chi connectivity index (χ4v) is 4.80. The maximum absolute atomic E-state index is 13.6. The van der Waals surface area contributed by atoms with E-state index < -0.39 is 35.4 Å². The number of primary amides is 1. The van der Waals surface area contributed by atoms with Crippen LogP contribution in [0.3, 0.4) is 0 Å². The lowest BCUT2D eigenvalue weighted by Gasteiger charge is -2.11. The summed E-state index contributed by atoms with van der Waals surface area (Å²) >= 11 is 0.557. The molecule has 1 aromatic carbocycles. The number of hydrogen-bond acceptors (Lipinski definition) is 7. The fourth-order valence-electron chi connectivity index (χ4n) is 3.80. The van der Waals surface area contributed by atoms with Crippen LogP contribution in [-0.2, 0) is 19.1 Å². The normalized spacial score (nSPS) is 12.0. The lowest BCUT2D eigenvalue weighted by Crippen LogP contribution is -2.18. The minimum Gasteiger partial charge on any atom is -0.471 e. The SMILES string of the molecule is NC(=O)c1sc2nc(C(F)(F)F)cc(-c3ccco3)c2c1NC(=O)c1ccn(COc2cccc(C(F)(F)F)c2)n1. The highest BCUT2D eigenvalue weighted by Crippen LogP contribution is 2.44. The molecular formula is C25H15F6N5O4S. The smallest absolute Gasteiger partial charge is 0.433 e. The lowest BCUT2D eigenvalue weighted by molar-refractivity contribution is -0.141. The first kappa shape index (κ1) is 27.7. The number of pyridine rings is 1. The number of carbonyl (C=O) groups excluding carboxylic acids is 2. The Morgan fingerprint density at radius 2 is 1.83 bits per heavy atom. The van der Waals surface area contributed by atoms with Crippen LogP contribution in [0, 0.1) is 0 Å². The zero-order valence-corrected chi connectivity index (χ0v) is 21.0. The lowest BCUT2D eigenvalue weighted by atomic mass is 10.1. The number of amides is 2. The largest absolute Gasteiger partial charge is 0.471 e. The van der Waals surface area contributed by atoms with Gasteiger partial charge >= 0.3 is 12.4 Å². The molecule has 0 atom stereocenters. The average molecular weight is 595 g/mol. The number of fused-ring (bicyclic) bond motifs is 1. The third-order valence-corrected chi connectivity index (χ3v) is 6.70.